The number of benzene rings is 3. The summed E-state index contributed by atoms with van der Waals surface area (Å²) < 4.78 is 71.1. The molecule has 5 rings (SSSR count). The molecule has 0 amide bonds. The van der Waals surface area contributed by atoms with Gasteiger partial charge < -0.3 is 9.15 Å². The summed E-state index contributed by atoms with van der Waals surface area (Å²) in [4.78, 5) is 2.78. The molecule has 0 radical (unpaired) electrons. The van der Waals surface area contributed by atoms with Crippen molar-refractivity contribution < 1.29 is 26.4 Å². The molecule has 172 valence electrons. The molecule has 5 aromatic rings. The maximum atomic E-state index is 14.9. The quantitative estimate of drug-likeness (QED) is 0.276. The molecule has 0 unspecified atom stereocenters. The van der Waals surface area contributed by atoms with E-state index in [1.54, 1.807) is 18.6 Å². The minimum absolute atomic E-state index is 0.0828. The van der Waals surface area contributed by atoms with Crippen molar-refractivity contribution in [2.24, 2.45) is 0 Å². The molecule has 2 aromatic heterocycles. The second-order valence-electron chi connectivity index (χ2n) is 7.02. The van der Waals surface area contributed by atoms with Crippen molar-refractivity contribution in [3.63, 3.8) is 0 Å². The minimum Gasteiger partial charge on any atom is -0.471 e. The van der Waals surface area contributed by atoms with Crippen LogP contribution < -0.4 is 9.46 Å². The van der Waals surface area contributed by atoms with Crippen LogP contribution in [0, 0.1) is 11.6 Å². The second-order valence-corrected chi connectivity index (χ2v) is 9.89. The summed E-state index contributed by atoms with van der Waals surface area (Å²) >= 11 is 6.91. The fourth-order valence-electron chi connectivity index (χ4n) is 3.25. The first-order valence-electron chi connectivity index (χ1n) is 9.52. The Labute approximate surface area is 200 Å². The lowest BCUT2D eigenvalue weighted by Crippen LogP contribution is -2.15. The highest BCUT2D eigenvalue weighted by Gasteiger charge is 2.24. The molecule has 3 aromatic carbocycles. The summed E-state index contributed by atoms with van der Waals surface area (Å²) in [6.45, 7) is 0. The zero-order valence-electron chi connectivity index (χ0n) is 16.8. The number of aromatic nitrogens is 2. The number of fused-ring (bicyclic) bond motifs is 1. The molecule has 34 heavy (non-hydrogen) atoms. The van der Waals surface area contributed by atoms with Gasteiger partial charge >= 0.3 is 0 Å². The largest absolute Gasteiger partial charge is 0.471 e. The Morgan fingerprint density at radius 3 is 2.59 bits per heavy atom. The van der Waals surface area contributed by atoms with Gasteiger partial charge in [0, 0.05) is 45.0 Å². The second kappa shape index (κ2) is 8.67. The van der Waals surface area contributed by atoms with Crippen LogP contribution in [0.25, 0.3) is 21.9 Å². The summed E-state index contributed by atoms with van der Waals surface area (Å²) in [7, 11) is -4.44. The average Bonchev–Trinajstić information content (AvgIpc) is 3.48. The van der Waals surface area contributed by atoms with Crippen molar-refractivity contribution >= 4 is 49.1 Å². The van der Waals surface area contributed by atoms with Crippen LogP contribution in [-0.4, -0.2) is 17.8 Å². The number of nitrogens with zero attached hydrogens (tertiary/aromatic N) is 2. The molecular formula is C22H12ClF2N3O4S2. The molecule has 7 nitrogen and oxygen atoms in total. The van der Waals surface area contributed by atoms with E-state index in [0.29, 0.717) is 28.3 Å². The minimum atomic E-state index is -4.44. The topological polar surface area (TPSA) is 94.3 Å². The molecule has 12 heteroatoms. The lowest BCUT2D eigenvalue weighted by Gasteiger charge is -2.14. The van der Waals surface area contributed by atoms with Crippen molar-refractivity contribution in [3.8, 4) is 22.6 Å². The zero-order chi connectivity index (χ0) is 23.9. The normalized spacial score (nSPS) is 11.6. The van der Waals surface area contributed by atoms with Crippen LogP contribution in [0.4, 0.5) is 13.9 Å². The van der Waals surface area contributed by atoms with E-state index in [0.717, 1.165) is 28.6 Å². The molecule has 0 bridgehead atoms. The highest BCUT2D eigenvalue weighted by atomic mass is 35.5. The first kappa shape index (κ1) is 22.3. The number of sulfonamides is 1. The van der Waals surface area contributed by atoms with Gasteiger partial charge in [0.15, 0.2) is 11.6 Å². The summed E-state index contributed by atoms with van der Waals surface area (Å²) in [5.74, 6) is -2.59. The predicted octanol–water partition coefficient (Wildman–Crippen LogP) is 6.48. The lowest BCUT2D eigenvalue weighted by molar-refractivity contribution is 0.433. The van der Waals surface area contributed by atoms with Gasteiger partial charge in [-0.15, -0.1) is 0 Å². The summed E-state index contributed by atoms with van der Waals surface area (Å²) in [5, 5.41) is 2.05. The number of halogens is 3. The van der Waals surface area contributed by atoms with E-state index in [4.69, 9.17) is 20.8 Å². The maximum absolute atomic E-state index is 14.9. The lowest BCUT2D eigenvalue weighted by atomic mass is 10.0. The highest BCUT2D eigenvalue weighted by molar-refractivity contribution is 7.93. The van der Waals surface area contributed by atoms with Crippen molar-refractivity contribution in [1.29, 1.82) is 0 Å². The van der Waals surface area contributed by atoms with Gasteiger partial charge in [0.2, 0.25) is 5.13 Å². The smallest absolute Gasteiger partial charge is 0.266 e. The van der Waals surface area contributed by atoms with Crippen molar-refractivity contribution in [2.75, 3.05) is 4.72 Å². The Balaban J connectivity index is 1.51. The monoisotopic (exact) mass is 519 g/mol. The van der Waals surface area contributed by atoms with Crippen molar-refractivity contribution in [1.82, 2.24) is 9.36 Å². The highest BCUT2D eigenvalue weighted by Crippen LogP contribution is 2.38. The fraction of sp³-hybridized carbons (Fsp3) is 0. The first-order chi connectivity index (χ1) is 16.3. The Morgan fingerprint density at radius 1 is 0.971 bits per heavy atom. The molecule has 0 aliphatic rings. The number of nitrogens with one attached hydrogen (secondary N) is 1. The Morgan fingerprint density at radius 2 is 1.79 bits per heavy atom. The summed E-state index contributed by atoms with van der Waals surface area (Å²) in [6, 6.07) is 11.4. The molecule has 2 heterocycles. The Hall–Kier alpha value is -3.54. The zero-order valence-corrected chi connectivity index (χ0v) is 19.2. The van der Waals surface area contributed by atoms with Gasteiger partial charge in [-0.25, -0.2) is 22.2 Å². The van der Waals surface area contributed by atoms with Gasteiger partial charge in [0.05, 0.1) is 12.5 Å². The molecule has 0 spiro atoms. The SMILES string of the molecule is O=S(=O)(Nc1ncns1)c1cc(F)c(Oc2ccc(Cl)cc2-c2ccc3cocc3c2)cc1F. The standard InChI is InChI=1S/C22H12ClF2N3O4S2/c23-15-3-4-19(16(6-15)12-1-2-13-9-31-10-14(13)5-12)32-20-7-18(25)21(8-17(20)24)34(29,30)28-22-26-11-27-33-22/h1-11H,(H,26,27,28). The van der Waals surface area contributed by atoms with Crippen LogP contribution in [0.2, 0.25) is 5.02 Å². The van der Waals surface area contributed by atoms with Crippen LogP contribution in [0.1, 0.15) is 0 Å². The number of ether oxygens (including phenoxy) is 1. The molecule has 0 aliphatic heterocycles. The number of rotatable bonds is 6. The van der Waals surface area contributed by atoms with Crippen molar-refractivity contribution in [2.45, 2.75) is 4.90 Å². The van der Waals surface area contributed by atoms with E-state index in [2.05, 4.69) is 9.36 Å². The van der Waals surface area contributed by atoms with Crippen LogP contribution in [0.3, 0.4) is 0 Å². The fourth-order valence-corrected chi connectivity index (χ4v) is 5.16. The van der Waals surface area contributed by atoms with Gasteiger partial charge in [-0.05, 0) is 29.8 Å². The van der Waals surface area contributed by atoms with Gasteiger partial charge in [0.25, 0.3) is 10.0 Å². The van der Waals surface area contributed by atoms with Gasteiger partial charge in [-0.1, -0.05) is 23.7 Å². The molecule has 1 N–H and O–H groups in total. The third kappa shape index (κ3) is 4.32. The van der Waals surface area contributed by atoms with E-state index < -0.39 is 32.3 Å². The van der Waals surface area contributed by atoms with Crippen LogP contribution >= 0.6 is 23.1 Å². The summed E-state index contributed by atoms with van der Waals surface area (Å²) in [5.41, 5.74) is 1.22. The van der Waals surface area contributed by atoms with E-state index in [1.807, 2.05) is 22.9 Å². The number of anilines is 1. The predicted molar refractivity (Wildman–Crippen MR) is 124 cm³/mol. The van der Waals surface area contributed by atoms with Crippen LogP contribution in [-0.2, 0) is 10.0 Å². The van der Waals surface area contributed by atoms with Crippen LogP contribution in [0.15, 0.2) is 76.7 Å². The Bertz CT molecular complexity index is 1620. The van der Waals surface area contributed by atoms with E-state index >= 15 is 0 Å². The number of hydrogen-bond acceptors (Lipinski definition) is 7. The first-order valence-corrected chi connectivity index (χ1v) is 12.2. The number of hydrogen-bond donors (Lipinski definition) is 1. The molecular weight excluding hydrogens is 508 g/mol. The van der Waals surface area contributed by atoms with Gasteiger partial charge in [0.1, 0.15) is 22.8 Å². The van der Waals surface area contributed by atoms with Crippen molar-refractivity contribution in [3.05, 3.63) is 84.0 Å². The molecule has 0 fully saturated rings. The van der Waals surface area contributed by atoms with Gasteiger partial charge in [-0.2, -0.15) is 4.37 Å². The average molecular weight is 520 g/mol. The van der Waals surface area contributed by atoms with E-state index in [1.165, 1.54) is 12.1 Å². The van der Waals surface area contributed by atoms with E-state index in [-0.39, 0.29) is 10.9 Å². The number of furan rings is 1. The molecule has 0 saturated carbocycles. The van der Waals surface area contributed by atoms with E-state index in [9.17, 15) is 17.2 Å². The third-order valence-electron chi connectivity index (χ3n) is 4.81. The maximum Gasteiger partial charge on any atom is 0.266 e. The molecule has 0 saturated heterocycles. The van der Waals surface area contributed by atoms with Gasteiger partial charge in [-0.3, -0.25) is 4.72 Å². The van der Waals surface area contributed by atoms with Crippen LogP contribution in [0.5, 0.6) is 11.5 Å². The molecule has 0 aliphatic carbocycles. The Kier molecular flexibility index (Phi) is 5.68. The summed E-state index contributed by atoms with van der Waals surface area (Å²) in [6.07, 6.45) is 4.31. The molecule has 0 atom stereocenters. The third-order valence-corrected chi connectivity index (χ3v) is 7.11.